The van der Waals surface area contributed by atoms with Crippen LogP contribution in [0.3, 0.4) is 0 Å². The van der Waals surface area contributed by atoms with Crippen molar-refractivity contribution in [3.05, 3.63) is 71.8 Å². The van der Waals surface area contributed by atoms with Gasteiger partial charge in [0.2, 0.25) is 13.6 Å². The summed E-state index contributed by atoms with van der Waals surface area (Å²) in [5.41, 5.74) is 1.68. The summed E-state index contributed by atoms with van der Waals surface area (Å²) in [5.74, 6) is -1.67. The van der Waals surface area contributed by atoms with Crippen molar-refractivity contribution in [2.45, 2.75) is 64.2 Å². The van der Waals surface area contributed by atoms with Gasteiger partial charge in [0.15, 0.2) is 0 Å². The van der Waals surface area contributed by atoms with Crippen LogP contribution in [0.1, 0.15) is 62.5 Å². The van der Waals surface area contributed by atoms with Crippen LogP contribution >= 0.6 is 0 Å². The first kappa shape index (κ1) is 28.6. The zero-order valence-electron chi connectivity index (χ0n) is 20.5. The molecule has 8 nitrogen and oxygen atoms in total. The molecule has 0 aliphatic carbocycles. The second-order valence-electron chi connectivity index (χ2n) is 8.25. The molecule has 0 aromatic heterocycles. The molecule has 0 aliphatic heterocycles. The predicted octanol–water partition coefficient (Wildman–Crippen LogP) is 4.68. The molecule has 0 bridgehead atoms. The SMILES string of the molecule is O=C(CCCCCCCCC(=O)OCOC(=O)Cc1ccccc1)OCOC(=O)Cc1ccccc1. The van der Waals surface area contributed by atoms with Gasteiger partial charge in [0.25, 0.3) is 0 Å². The molecular weight excluding hydrogens is 464 g/mol. The first-order valence-corrected chi connectivity index (χ1v) is 12.2. The molecule has 0 spiro atoms. The van der Waals surface area contributed by atoms with Gasteiger partial charge in [0.1, 0.15) is 0 Å². The number of hydrogen-bond donors (Lipinski definition) is 0. The van der Waals surface area contributed by atoms with E-state index in [2.05, 4.69) is 0 Å². The molecule has 0 heterocycles. The highest BCUT2D eigenvalue weighted by molar-refractivity contribution is 5.73. The lowest BCUT2D eigenvalue weighted by atomic mass is 10.1. The van der Waals surface area contributed by atoms with Crippen LogP contribution in [0.5, 0.6) is 0 Å². The third-order valence-corrected chi connectivity index (χ3v) is 5.27. The van der Waals surface area contributed by atoms with Crippen LogP contribution < -0.4 is 0 Å². The molecule has 0 N–H and O–H groups in total. The zero-order valence-corrected chi connectivity index (χ0v) is 20.5. The Kier molecular flexibility index (Phi) is 14.0. The highest BCUT2D eigenvalue weighted by Gasteiger charge is 2.09. The van der Waals surface area contributed by atoms with Gasteiger partial charge in [-0.1, -0.05) is 86.3 Å². The Balaban J connectivity index is 1.36. The van der Waals surface area contributed by atoms with Crippen molar-refractivity contribution < 1.29 is 38.1 Å². The molecule has 8 heteroatoms. The van der Waals surface area contributed by atoms with Gasteiger partial charge in [-0.2, -0.15) is 0 Å². The maximum atomic E-state index is 11.7. The monoisotopic (exact) mass is 498 g/mol. The van der Waals surface area contributed by atoms with Crippen molar-refractivity contribution in [1.29, 1.82) is 0 Å². The fraction of sp³-hybridized carbons (Fsp3) is 0.429. The third-order valence-electron chi connectivity index (χ3n) is 5.27. The van der Waals surface area contributed by atoms with Gasteiger partial charge in [0, 0.05) is 12.8 Å². The maximum Gasteiger partial charge on any atom is 0.313 e. The van der Waals surface area contributed by atoms with Gasteiger partial charge in [-0.05, 0) is 24.0 Å². The van der Waals surface area contributed by atoms with Crippen LogP contribution in [0.15, 0.2) is 60.7 Å². The van der Waals surface area contributed by atoms with E-state index >= 15 is 0 Å². The lowest BCUT2D eigenvalue weighted by molar-refractivity contribution is -0.168. The number of carbonyl (C=O) groups excluding carboxylic acids is 4. The topological polar surface area (TPSA) is 105 Å². The second-order valence-corrected chi connectivity index (χ2v) is 8.25. The van der Waals surface area contributed by atoms with Crippen LogP contribution in [-0.2, 0) is 51.0 Å². The molecular formula is C28H34O8. The van der Waals surface area contributed by atoms with E-state index in [0.29, 0.717) is 12.8 Å². The molecule has 2 rings (SSSR count). The van der Waals surface area contributed by atoms with Gasteiger partial charge in [-0.25, -0.2) is 0 Å². The van der Waals surface area contributed by atoms with E-state index in [-0.39, 0.29) is 39.3 Å². The highest BCUT2D eigenvalue weighted by Crippen LogP contribution is 2.10. The van der Waals surface area contributed by atoms with Crippen molar-refractivity contribution in [3.63, 3.8) is 0 Å². The molecule has 194 valence electrons. The van der Waals surface area contributed by atoms with E-state index < -0.39 is 23.9 Å². The maximum absolute atomic E-state index is 11.7. The highest BCUT2D eigenvalue weighted by atomic mass is 16.7. The third kappa shape index (κ3) is 13.9. The Morgan fingerprint density at radius 3 is 1.17 bits per heavy atom. The normalized spacial score (nSPS) is 10.3. The quantitative estimate of drug-likeness (QED) is 0.176. The van der Waals surface area contributed by atoms with Crippen LogP contribution in [-0.4, -0.2) is 37.5 Å². The Labute approximate surface area is 211 Å². The molecule has 0 atom stereocenters. The fourth-order valence-corrected chi connectivity index (χ4v) is 3.34. The number of rotatable bonds is 17. The van der Waals surface area contributed by atoms with E-state index in [0.717, 1.165) is 36.8 Å². The van der Waals surface area contributed by atoms with Gasteiger partial charge in [0.05, 0.1) is 12.8 Å². The van der Waals surface area contributed by atoms with Crippen LogP contribution in [0, 0.1) is 0 Å². The summed E-state index contributed by atoms with van der Waals surface area (Å²) in [7, 11) is 0. The molecule has 0 radical (unpaired) electrons. The molecule has 0 fully saturated rings. The number of unbranched alkanes of at least 4 members (excludes halogenated alkanes) is 5. The standard InChI is InChI=1S/C28H34O8/c29-25(33-21-35-27(31)19-23-13-7-5-8-14-23)17-11-3-1-2-4-12-18-26(30)34-22-36-28(32)20-24-15-9-6-10-16-24/h5-10,13-16H,1-4,11-12,17-22H2. The van der Waals surface area contributed by atoms with E-state index in [9.17, 15) is 19.2 Å². The Morgan fingerprint density at radius 1 is 0.444 bits per heavy atom. The van der Waals surface area contributed by atoms with Crippen molar-refractivity contribution in [2.24, 2.45) is 0 Å². The minimum atomic E-state index is -0.443. The summed E-state index contributed by atoms with van der Waals surface area (Å²) in [6.45, 7) is -0.736. The molecule has 0 unspecified atom stereocenters. The van der Waals surface area contributed by atoms with Gasteiger partial charge >= 0.3 is 23.9 Å². The lowest BCUT2D eigenvalue weighted by Crippen LogP contribution is -2.14. The molecule has 0 aliphatic rings. The van der Waals surface area contributed by atoms with Crippen LogP contribution in [0.2, 0.25) is 0 Å². The first-order valence-electron chi connectivity index (χ1n) is 12.2. The Morgan fingerprint density at radius 2 is 0.778 bits per heavy atom. The largest absolute Gasteiger partial charge is 0.428 e. The number of benzene rings is 2. The Hall–Kier alpha value is -3.68. The second kappa shape index (κ2) is 17.7. The predicted molar refractivity (Wildman–Crippen MR) is 131 cm³/mol. The number of esters is 4. The molecule has 0 amide bonds. The van der Waals surface area contributed by atoms with Crippen molar-refractivity contribution in [2.75, 3.05) is 13.6 Å². The van der Waals surface area contributed by atoms with Crippen molar-refractivity contribution in [1.82, 2.24) is 0 Å². The van der Waals surface area contributed by atoms with E-state index in [1.54, 1.807) is 0 Å². The molecule has 36 heavy (non-hydrogen) atoms. The number of ether oxygens (including phenoxy) is 4. The van der Waals surface area contributed by atoms with Gasteiger partial charge in [-0.3, -0.25) is 19.2 Å². The van der Waals surface area contributed by atoms with Gasteiger partial charge < -0.3 is 18.9 Å². The van der Waals surface area contributed by atoms with Gasteiger partial charge in [-0.15, -0.1) is 0 Å². The smallest absolute Gasteiger partial charge is 0.313 e. The zero-order chi connectivity index (χ0) is 25.8. The average Bonchev–Trinajstić information content (AvgIpc) is 2.87. The summed E-state index contributed by atoms with van der Waals surface area (Å²) >= 11 is 0. The molecule has 2 aromatic rings. The minimum absolute atomic E-state index is 0.137. The summed E-state index contributed by atoms with van der Waals surface area (Å²) in [4.78, 5) is 46.8. The Bertz CT molecular complexity index is 850. The summed E-state index contributed by atoms with van der Waals surface area (Å²) < 4.78 is 19.7. The van der Waals surface area contributed by atoms with E-state index in [1.807, 2.05) is 60.7 Å². The lowest BCUT2D eigenvalue weighted by Gasteiger charge is -2.07. The minimum Gasteiger partial charge on any atom is -0.428 e. The van der Waals surface area contributed by atoms with Crippen LogP contribution in [0.4, 0.5) is 0 Å². The van der Waals surface area contributed by atoms with E-state index in [4.69, 9.17) is 18.9 Å². The number of carbonyl (C=O) groups is 4. The van der Waals surface area contributed by atoms with Crippen molar-refractivity contribution in [3.8, 4) is 0 Å². The average molecular weight is 499 g/mol. The molecule has 0 saturated heterocycles. The van der Waals surface area contributed by atoms with E-state index in [1.165, 1.54) is 0 Å². The number of hydrogen-bond acceptors (Lipinski definition) is 8. The summed E-state index contributed by atoms with van der Waals surface area (Å²) in [5, 5.41) is 0. The molecule has 0 saturated carbocycles. The molecule has 2 aromatic carbocycles. The van der Waals surface area contributed by atoms with Crippen molar-refractivity contribution >= 4 is 23.9 Å². The van der Waals surface area contributed by atoms with Crippen LogP contribution in [0.25, 0.3) is 0 Å². The summed E-state index contributed by atoms with van der Waals surface area (Å²) in [6, 6.07) is 18.4. The first-order chi connectivity index (χ1) is 17.5. The summed E-state index contributed by atoms with van der Waals surface area (Å²) in [6.07, 6.45) is 5.79. The fourth-order valence-electron chi connectivity index (χ4n) is 3.34.